The number of pyridine rings is 3. The van der Waals surface area contributed by atoms with Crippen molar-refractivity contribution in [2.75, 3.05) is 20.1 Å². The molecule has 1 amide bonds. The first-order chi connectivity index (χ1) is 15.5. The van der Waals surface area contributed by atoms with Crippen LogP contribution in [0.15, 0.2) is 47.5 Å². The summed E-state index contributed by atoms with van der Waals surface area (Å²) < 4.78 is 0. The molecule has 32 heavy (non-hydrogen) atoms. The monoisotopic (exact) mass is 429 g/mol. The fraction of sp³-hybridized carbons (Fsp3) is 0.360. The van der Waals surface area contributed by atoms with Gasteiger partial charge in [0.05, 0.1) is 11.0 Å². The summed E-state index contributed by atoms with van der Waals surface area (Å²) in [6.45, 7) is 4.72. The van der Waals surface area contributed by atoms with Gasteiger partial charge in [-0.15, -0.1) is 0 Å². The Balaban J connectivity index is 1.30. The minimum absolute atomic E-state index is 0.0224. The summed E-state index contributed by atoms with van der Waals surface area (Å²) in [7, 11) is 1.60. The number of hydrogen-bond donors (Lipinski definition) is 2. The van der Waals surface area contributed by atoms with E-state index in [1.54, 1.807) is 19.3 Å². The second kappa shape index (κ2) is 8.31. The van der Waals surface area contributed by atoms with Gasteiger partial charge in [0.25, 0.3) is 11.5 Å². The fourth-order valence-electron chi connectivity index (χ4n) is 4.53. The maximum absolute atomic E-state index is 12.4. The van der Waals surface area contributed by atoms with Crippen molar-refractivity contribution in [1.82, 2.24) is 25.2 Å². The smallest absolute Gasteiger partial charge is 0.269 e. The van der Waals surface area contributed by atoms with Crippen molar-refractivity contribution < 1.29 is 4.79 Å². The normalized spacial score (nSPS) is 19.1. The highest BCUT2D eigenvalue weighted by Crippen LogP contribution is 2.38. The van der Waals surface area contributed by atoms with Crippen LogP contribution < -0.4 is 10.9 Å². The zero-order chi connectivity index (χ0) is 22.2. The molecule has 2 N–H and O–H groups in total. The van der Waals surface area contributed by atoms with Crippen molar-refractivity contribution in [3.63, 3.8) is 0 Å². The van der Waals surface area contributed by atoms with Gasteiger partial charge in [-0.25, -0.2) is 0 Å². The van der Waals surface area contributed by atoms with Crippen LogP contribution in [-0.4, -0.2) is 45.9 Å². The molecule has 1 aliphatic carbocycles. The van der Waals surface area contributed by atoms with E-state index in [-0.39, 0.29) is 11.5 Å². The second-order valence-electron chi connectivity index (χ2n) is 8.87. The van der Waals surface area contributed by atoms with Crippen molar-refractivity contribution >= 4 is 22.5 Å². The number of aromatic nitrogens is 3. The third-order valence-electron chi connectivity index (χ3n) is 6.39. The van der Waals surface area contributed by atoms with Crippen molar-refractivity contribution in [2.24, 2.45) is 5.92 Å². The van der Waals surface area contributed by atoms with E-state index < -0.39 is 0 Å². The standard InChI is InChI=1S/C25H27N5O2/c1-15-13-30(8-7-19(15)18-5-6-21(28-12-18)25(32)26-2)14-16-9-23-22(27-11-16)10-20(17-3-4-17)24(31)29-23/h5-7,9-12,15,17H,3-4,8,13-14H2,1-2H3,(H,26,32)(H,29,31). The average molecular weight is 430 g/mol. The molecule has 7 heteroatoms. The van der Waals surface area contributed by atoms with E-state index in [1.807, 2.05) is 24.4 Å². The molecular formula is C25H27N5O2. The largest absolute Gasteiger partial charge is 0.354 e. The average Bonchev–Trinajstić information content (AvgIpc) is 3.64. The van der Waals surface area contributed by atoms with Gasteiger partial charge < -0.3 is 10.3 Å². The van der Waals surface area contributed by atoms with Gasteiger partial charge >= 0.3 is 0 Å². The highest BCUT2D eigenvalue weighted by molar-refractivity contribution is 5.92. The van der Waals surface area contributed by atoms with Gasteiger partial charge in [-0.05, 0) is 59.6 Å². The molecule has 3 aromatic heterocycles. The number of aromatic amines is 1. The van der Waals surface area contributed by atoms with Crippen LogP contribution in [0.1, 0.15) is 52.9 Å². The molecule has 1 saturated carbocycles. The molecule has 1 atom stereocenters. The van der Waals surface area contributed by atoms with E-state index in [9.17, 15) is 9.59 Å². The summed E-state index contributed by atoms with van der Waals surface area (Å²) in [5.74, 6) is 0.573. The topological polar surface area (TPSA) is 91.0 Å². The van der Waals surface area contributed by atoms with Crippen molar-refractivity contribution in [3.05, 3.63) is 75.5 Å². The zero-order valence-corrected chi connectivity index (χ0v) is 18.4. The van der Waals surface area contributed by atoms with E-state index in [2.05, 4.69) is 38.2 Å². The quantitative estimate of drug-likeness (QED) is 0.650. The van der Waals surface area contributed by atoms with Gasteiger partial charge in [0.1, 0.15) is 5.69 Å². The molecule has 7 nitrogen and oxygen atoms in total. The van der Waals surface area contributed by atoms with Crippen LogP contribution in [0.4, 0.5) is 0 Å². The lowest BCUT2D eigenvalue weighted by molar-refractivity contribution is 0.0958. The van der Waals surface area contributed by atoms with Gasteiger partial charge in [0.15, 0.2) is 0 Å². The summed E-state index contributed by atoms with van der Waals surface area (Å²) in [6, 6.07) is 7.74. The Labute approximate surface area is 186 Å². The lowest BCUT2D eigenvalue weighted by Gasteiger charge is -2.31. The Hall–Kier alpha value is -3.32. The molecular weight excluding hydrogens is 402 g/mol. The molecule has 5 rings (SSSR count). The maximum Gasteiger partial charge on any atom is 0.269 e. The van der Waals surface area contributed by atoms with Gasteiger partial charge in [0.2, 0.25) is 0 Å². The third-order valence-corrected chi connectivity index (χ3v) is 6.39. The predicted octanol–water partition coefficient (Wildman–Crippen LogP) is 3.09. The molecule has 4 heterocycles. The summed E-state index contributed by atoms with van der Waals surface area (Å²) in [5, 5.41) is 2.60. The molecule has 1 unspecified atom stereocenters. The number of nitrogens with one attached hydrogen (secondary N) is 2. The predicted molar refractivity (Wildman–Crippen MR) is 124 cm³/mol. The first-order valence-corrected chi connectivity index (χ1v) is 11.1. The molecule has 0 spiro atoms. The Kier molecular flexibility index (Phi) is 5.35. The number of H-pyrrole nitrogens is 1. The highest BCUT2D eigenvalue weighted by Gasteiger charge is 2.27. The summed E-state index contributed by atoms with van der Waals surface area (Å²) in [4.78, 5) is 38.4. The van der Waals surface area contributed by atoms with Crippen LogP contribution in [0.25, 0.3) is 16.6 Å². The minimum atomic E-state index is -0.178. The zero-order valence-electron chi connectivity index (χ0n) is 18.4. The Morgan fingerprint density at radius 3 is 2.75 bits per heavy atom. The highest BCUT2D eigenvalue weighted by atomic mass is 16.1. The SMILES string of the molecule is CNC(=O)c1ccc(C2=CCN(Cc3cnc4cc(C5CC5)c(=O)[nH]c4c3)CC2C)cn1. The number of fused-ring (bicyclic) bond motifs is 1. The molecule has 3 aromatic rings. The van der Waals surface area contributed by atoms with Gasteiger partial charge in [0, 0.05) is 44.6 Å². The third kappa shape index (κ3) is 4.08. The number of amides is 1. The summed E-state index contributed by atoms with van der Waals surface area (Å²) in [5.41, 5.74) is 6.39. The van der Waals surface area contributed by atoms with Crippen LogP contribution in [0.5, 0.6) is 0 Å². The molecule has 0 radical (unpaired) electrons. The van der Waals surface area contributed by atoms with Crippen LogP contribution in [-0.2, 0) is 6.54 Å². The van der Waals surface area contributed by atoms with Gasteiger partial charge in [-0.3, -0.25) is 24.5 Å². The minimum Gasteiger partial charge on any atom is -0.354 e. The number of carbonyl (C=O) groups is 1. The van der Waals surface area contributed by atoms with E-state index in [0.29, 0.717) is 17.5 Å². The Morgan fingerprint density at radius 1 is 1.22 bits per heavy atom. The van der Waals surface area contributed by atoms with Gasteiger partial charge in [-0.2, -0.15) is 0 Å². The first kappa shape index (κ1) is 20.6. The fourth-order valence-corrected chi connectivity index (χ4v) is 4.53. The molecule has 0 bridgehead atoms. The summed E-state index contributed by atoms with van der Waals surface area (Å²) >= 11 is 0. The Morgan fingerprint density at radius 2 is 2.06 bits per heavy atom. The molecule has 164 valence electrons. The lowest BCUT2D eigenvalue weighted by Crippen LogP contribution is -2.33. The summed E-state index contributed by atoms with van der Waals surface area (Å²) in [6.07, 6.45) is 8.14. The van der Waals surface area contributed by atoms with Crippen LogP contribution in [0.2, 0.25) is 0 Å². The first-order valence-electron chi connectivity index (χ1n) is 11.1. The van der Waals surface area contributed by atoms with E-state index in [4.69, 9.17) is 0 Å². The second-order valence-corrected chi connectivity index (χ2v) is 8.87. The number of carbonyl (C=O) groups excluding carboxylic acids is 1. The maximum atomic E-state index is 12.4. The number of rotatable bonds is 5. The van der Waals surface area contributed by atoms with E-state index >= 15 is 0 Å². The Bertz CT molecular complexity index is 1260. The van der Waals surface area contributed by atoms with Crippen molar-refractivity contribution in [3.8, 4) is 0 Å². The van der Waals surface area contributed by atoms with Crippen molar-refractivity contribution in [2.45, 2.75) is 32.2 Å². The molecule has 1 fully saturated rings. The lowest BCUT2D eigenvalue weighted by atomic mass is 9.91. The van der Waals surface area contributed by atoms with Crippen LogP contribution in [0.3, 0.4) is 0 Å². The molecule has 0 saturated heterocycles. The van der Waals surface area contributed by atoms with Crippen LogP contribution >= 0.6 is 0 Å². The van der Waals surface area contributed by atoms with Crippen LogP contribution in [0, 0.1) is 5.92 Å². The molecule has 2 aliphatic rings. The molecule has 1 aliphatic heterocycles. The van der Waals surface area contributed by atoms with Gasteiger partial charge in [-0.1, -0.05) is 19.1 Å². The molecule has 0 aromatic carbocycles. The van der Waals surface area contributed by atoms with E-state index in [0.717, 1.165) is 60.2 Å². The number of hydrogen-bond acceptors (Lipinski definition) is 5. The van der Waals surface area contributed by atoms with E-state index in [1.165, 1.54) is 5.57 Å². The number of nitrogens with zero attached hydrogens (tertiary/aromatic N) is 3. The van der Waals surface area contributed by atoms with Crippen molar-refractivity contribution in [1.29, 1.82) is 0 Å².